The maximum atomic E-state index is 12.0. The molecule has 1 aromatic carbocycles. The van der Waals surface area contributed by atoms with Gasteiger partial charge < -0.3 is 18.9 Å². The molecule has 1 aromatic rings. The first kappa shape index (κ1) is 18.1. The average molecular weight is 381 g/mol. The van der Waals surface area contributed by atoms with Gasteiger partial charge in [0.25, 0.3) is 0 Å². The van der Waals surface area contributed by atoms with Crippen LogP contribution in [0.3, 0.4) is 0 Å². The summed E-state index contributed by atoms with van der Waals surface area (Å²) in [5, 5.41) is 0.476. The van der Waals surface area contributed by atoms with Gasteiger partial charge in [-0.3, -0.25) is 0 Å². The van der Waals surface area contributed by atoms with Crippen molar-refractivity contribution in [1.82, 2.24) is 0 Å². The molecule has 6 heteroatoms. The molecule has 3 aliphatic rings. The molecular weight excluding hydrogens is 356 g/mol. The van der Waals surface area contributed by atoms with Crippen LogP contribution in [0, 0.1) is 12.8 Å². The number of hydrogen-bond acceptors (Lipinski definition) is 5. The van der Waals surface area contributed by atoms with Crippen molar-refractivity contribution in [3.05, 3.63) is 27.8 Å². The second kappa shape index (κ2) is 6.39. The Morgan fingerprint density at radius 2 is 1.92 bits per heavy atom. The molecule has 2 aliphatic heterocycles. The van der Waals surface area contributed by atoms with Crippen molar-refractivity contribution in [2.75, 3.05) is 20.3 Å². The fourth-order valence-electron chi connectivity index (χ4n) is 4.72. The molecule has 26 heavy (non-hydrogen) atoms. The lowest BCUT2D eigenvalue weighted by Gasteiger charge is -2.41. The van der Waals surface area contributed by atoms with Gasteiger partial charge in [0.15, 0.2) is 5.79 Å². The number of esters is 1. The van der Waals surface area contributed by atoms with E-state index < -0.39 is 0 Å². The Balaban J connectivity index is 1.57. The molecule has 4 rings (SSSR count). The predicted molar refractivity (Wildman–Crippen MR) is 96.9 cm³/mol. The number of fused-ring (bicyclic) bond motifs is 1. The topological polar surface area (TPSA) is 54.0 Å². The summed E-state index contributed by atoms with van der Waals surface area (Å²) in [5.74, 6) is 0.374. The SMILES string of the molecule is COC(=O)c1cc(Cl)c2c(c1C)CC(C)(C1CCC3(CC1)OCCO3)O2. The van der Waals surface area contributed by atoms with Crippen molar-refractivity contribution in [3.63, 3.8) is 0 Å². The number of halogens is 1. The van der Waals surface area contributed by atoms with E-state index in [1.54, 1.807) is 6.07 Å². The van der Waals surface area contributed by atoms with Crippen molar-refractivity contribution >= 4 is 17.6 Å². The minimum absolute atomic E-state index is 0.328. The molecular formula is C20H25ClO5. The van der Waals surface area contributed by atoms with E-state index in [0.29, 0.717) is 35.5 Å². The Morgan fingerprint density at radius 1 is 1.27 bits per heavy atom. The van der Waals surface area contributed by atoms with Crippen molar-refractivity contribution in [2.45, 2.75) is 57.3 Å². The minimum atomic E-state index is -0.371. The molecule has 142 valence electrons. The summed E-state index contributed by atoms with van der Waals surface area (Å²) in [5.41, 5.74) is 2.11. The molecule has 0 radical (unpaired) electrons. The maximum Gasteiger partial charge on any atom is 0.338 e. The molecule has 1 unspecified atom stereocenters. The first-order valence-electron chi connectivity index (χ1n) is 9.25. The lowest BCUT2D eigenvalue weighted by molar-refractivity contribution is -0.190. The fraction of sp³-hybridized carbons (Fsp3) is 0.650. The number of rotatable bonds is 2. The first-order valence-corrected chi connectivity index (χ1v) is 9.62. The third-order valence-corrected chi connectivity index (χ3v) is 6.59. The Labute approximate surface area is 158 Å². The van der Waals surface area contributed by atoms with Crippen LogP contribution < -0.4 is 4.74 Å². The molecule has 1 spiro atoms. The Kier molecular flexibility index (Phi) is 4.45. The molecule has 0 bridgehead atoms. The highest BCUT2D eigenvalue weighted by Crippen LogP contribution is 2.50. The second-order valence-electron chi connectivity index (χ2n) is 7.80. The van der Waals surface area contributed by atoms with E-state index in [2.05, 4.69) is 6.92 Å². The number of hydrogen-bond donors (Lipinski definition) is 0. The van der Waals surface area contributed by atoms with Gasteiger partial charge in [-0.2, -0.15) is 0 Å². The lowest BCUT2D eigenvalue weighted by Crippen LogP contribution is -2.45. The van der Waals surface area contributed by atoms with Crippen molar-refractivity contribution in [3.8, 4) is 5.75 Å². The largest absolute Gasteiger partial charge is 0.485 e. The van der Waals surface area contributed by atoms with Crippen LogP contribution in [0.25, 0.3) is 0 Å². The van der Waals surface area contributed by atoms with E-state index in [-0.39, 0.29) is 17.4 Å². The number of benzene rings is 1. The quantitative estimate of drug-likeness (QED) is 0.724. The molecule has 0 N–H and O–H groups in total. The van der Waals surface area contributed by atoms with Crippen molar-refractivity contribution < 1.29 is 23.7 Å². The van der Waals surface area contributed by atoms with Crippen LogP contribution in [0.2, 0.25) is 5.02 Å². The molecule has 2 fully saturated rings. The van der Waals surface area contributed by atoms with Crippen LogP contribution in [0.15, 0.2) is 6.07 Å². The van der Waals surface area contributed by atoms with Crippen LogP contribution in [-0.2, 0) is 20.6 Å². The molecule has 0 amide bonds. The molecule has 1 aliphatic carbocycles. The number of methoxy groups -OCH3 is 1. The zero-order chi connectivity index (χ0) is 18.5. The fourth-order valence-corrected chi connectivity index (χ4v) is 4.99. The summed E-state index contributed by atoms with van der Waals surface area (Å²) >= 11 is 6.44. The van der Waals surface area contributed by atoms with E-state index >= 15 is 0 Å². The van der Waals surface area contributed by atoms with Gasteiger partial charge in [-0.25, -0.2) is 4.79 Å². The zero-order valence-corrected chi connectivity index (χ0v) is 16.3. The van der Waals surface area contributed by atoms with Crippen LogP contribution in [-0.4, -0.2) is 37.7 Å². The highest BCUT2D eigenvalue weighted by molar-refractivity contribution is 6.32. The van der Waals surface area contributed by atoms with Crippen LogP contribution in [0.5, 0.6) is 5.75 Å². The molecule has 2 heterocycles. The van der Waals surface area contributed by atoms with Gasteiger partial charge in [-0.1, -0.05) is 11.6 Å². The predicted octanol–water partition coefficient (Wildman–Crippen LogP) is 4.06. The van der Waals surface area contributed by atoms with Gasteiger partial charge in [0.2, 0.25) is 0 Å². The second-order valence-corrected chi connectivity index (χ2v) is 8.21. The Hall–Kier alpha value is -1.30. The average Bonchev–Trinajstić information content (AvgIpc) is 3.24. The van der Waals surface area contributed by atoms with E-state index in [9.17, 15) is 4.79 Å². The Bertz CT molecular complexity index is 730. The summed E-state index contributed by atoms with van der Waals surface area (Å²) in [6, 6.07) is 1.66. The van der Waals surface area contributed by atoms with Gasteiger partial charge >= 0.3 is 5.97 Å². The highest BCUT2D eigenvalue weighted by atomic mass is 35.5. The number of carbonyl (C=O) groups is 1. The molecule has 5 nitrogen and oxygen atoms in total. The summed E-state index contributed by atoms with van der Waals surface area (Å²) in [6.45, 7) is 5.47. The lowest BCUT2D eigenvalue weighted by atomic mass is 9.74. The van der Waals surface area contributed by atoms with E-state index in [4.69, 9.17) is 30.5 Å². The van der Waals surface area contributed by atoms with Crippen molar-refractivity contribution in [1.29, 1.82) is 0 Å². The first-order chi connectivity index (χ1) is 12.4. The maximum absolute atomic E-state index is 12.0. The smallest absolute Gasteiger partial charge is 0.338 e. The summed E-state index contributed by atoms with van der Waals surface area (Å²) in [4.78, 5) is 12.0. The monoisotopic (exact) mass is 380 g/mol. The molecule has 1 saturated carbocycles. The van der Waals surface area contributed by atoms with Gasteiger partial charge in [0, 0.05) is 24.8 Å². The number of carbonyl (C=O) groups excluding carboxylic acids is 1. The number of ether oxygens (including phenoxy) is 4. The highest BCUT2D eigenvalue weighted by Gasteiger charge is 2.49. The minimum Gasteiger partial charge on any atom is -0.485 e. The van der Waals surface area contributed by atoms with Crippen LogP contribution >= 0.6 is 11.6 Å². The van der Waals surface area contributed by atoms with Gasteiger partial charge in [-0.05, 0) is 44.2 Å². The van der Waals surface area contributed by atoms with Gasteiger partial charge in [0.05, 0.1) is 30.9 Å². The van der Waals surface area contributed by atoms with E-state index in [1.807, 2.05) is 6.92 Å². The van der Waals surface area contributed by atoms with Crippen molar-refractivity contribution in [2.24, 2.45) is 5.92 Å². The van der Waals surface area contributed by atoms with E-state index in [0.717, 1.165) is 43.2 Å². The molecule has 0 aromatic heterocycles. The Morgan fingerprint density at radius 3 is 2.54 bits per heavy atom. The molecule has 1 atom stereocenters. The summed E-state index contributed by atoms with van der Waals surface area (Å²) in [6.07, 6.45) is 4.52. The van der Waals surface area contributed by atoms with E-state index in [1.165, 1.54) is 7.11 Å². The zero-order valence-electron chi connectivity index (χ0n) is 15.5. The normalized spacial score (nSPS) is 27.4. The third kappa shape index (κ3) is 2.81. The standard InChI is InChI=1S/C20H25ClO5/c1-12-14(18(22)23-3)10-16(21)17-15(12)11-19(2,26-17)13-4-6-20(7-5-13)24-8-9-25-20/h10,13H,4-9,11H2,1-3H3. The summed E-state index contributed by atoms with van der Waals surface area (Å²) in [7, 11) is 1.38. The van der Waals surface area contributed by atoms with Gasteiger partial charge in [0.1, 0.15) is 11.4 Å². The van der Waals surface area contributed by atoms with Crippen LogP contribution in [0.1, 0.15) is 54.1 Å². The summed E-state index contributed by atoms with van der Waals surface area (Å²) < 4.78 is 23.0. The van der Waals surface area contributed by atoms with Crippen LogP contribution in [0.4, 0.5) is 0 Å². The van der Waals surface area contributed by atoms with Gasteiger partial charge in [-0.15, -0.1) is 0 Å². The third-order valence-electron chi connectivity index (χ3n) is 6.31. The molecule has 1 saturated heterocycles.